The van der Waals surface area contributed by atoms with Crippen LogP contribution in [0.15, 0.2) is 24.3 Å². The average Bonchev–Trinajstić information content (AvgIpc) is 3.09. The fraction of sp³-hybridized carbons (Fsp3) is 0.429. The van der Waals surface area contributed by atoms with E-state index < -0.39 is 0 Å². The van der Waals surface area contributed by atoms with E-state index in [9.17, 15) is 9.59 Å². The summed E-state index contributed by atoms with van der Waals surface area (Å²) in [6.45, 7) is 1.64. The van der Waals surface area contributed by atoms with Crippen LogP contribution in [0.5, 0.6) is 0 Å². The van der Waals surface area contributed by atoms with Crippen LogP contribution < -0.4 is 0 Å². The zero-order chi connectivity index (χ0) is 12.6. The summed E-state index contributed by atoms with van der Waals surface area (Å²) in [5.74, 6) is 0.216. The zero-order valence-corrected chi connectivity index (χ0v) is 10.5. The molecule has 0 N–H and O–H groups in total. The lowest BCUT2D eigenvalue weighted by Gasteiger charge is -2.14. The predicted octanol–water partition coefficient (Wildman–Crippen LogP) is 2.01. The van der Waals surface area contributed by atoms with Crippen molar-refractivity contribution in [1.82, 2.24) is 4.90 Å². The van der Waals surface area contributed by atoms with Gasteiger partial charge in [0.2, 0.25) is 0 Å². The lowest BCUT2D eigenvalue weighted by atomic mass is 9.91. The minimum Gasteiger partial charge on any atom is -0.345 e. The Morgan fingerprint density at radius 3 is 2.00 bits per heavy atom. The second kappa shape index (κ2) is 3.99. The molecule has 3 heteroatoms. The quantitative estimate of drug-likeness (QED) is 0.798. The van der Waals surface area contributed by atoms with Gasteiger partial charge in [0.1, 0.15) is 5.78 Å². The summed E-state index contributed by atoms with van der Waals surface area (Å²) < 4.78 is 0. The van der Waals surface area contributed by atoms with Gasteiger partial charge in [-0.15, -0.1) is 0 Å². The molecule has 1 fully saturated rings. The Morgan fingerprint density at radius 1 is 1.12 bits per heavy atom. The average molecular weight is 231 g/mol. The van der Waals surface area contributed by atoms with Gasteiger partial charge in [-0.05, 0) is 37.5 Å². The minimum atomic E-state index is -0.250. The van der Waals surface area contributed by atoms with Crippen molar-refractivity contribution in [1.29, 1.82) is 0 Å². The third kappa shape index (κ3) is 1.97. The second-order valence-corrected chi connectivity index (χ2v) is 4.92. The van der Waals surface area contributed by atoms with Crippen LogP contribution in [0, 0.1) is 0 Å². The molecule has 2 rings (SSSR count). The highest BCUT2D eigenvalue weighted by Crippen LogP contribution is 2.48. The number of nitrogens with zero attached hydrogens (tertiary/aromatic N) is 1. The highest BCUT2D eigenvalue weighted by Gasteiger charge is 2.48. The number of carbonyl (C=O) groups excluding carboxylic acids is 2. The van der Waals surface area contributed by atoms with E-state index in [1.54, 1.807) is 38.1 Å². The summed E-state index contributed by atoms with van der Waals surface area (Å²) in [6.07, 6.45) is 1.87. The molecule has 0 heterocycles. The normalized spacial score (nSPS) is 16.4. The van der Waals surface area contributed by atoms with Gasteiger partial charge >= 0.3 is 0 Å². The molecule has 0 unspecified atom stereocenters. The van der Waals surface area contributed by atoms with Gasteiger partial charge in [0.15, 0.2) is 0 Å². The molecule has 0 aromatic heterocycles. The molecule has 0 saturated heterocycles. The number of Topliss-reactive ketones (excluding diaryl/α,β-unsaturated/α-hetero) is 1. The molecule has 1 aromatic carbocycles. The van der Waals surface area contributed by atoms with Crippen molar-refractivity contribution in [3.63, 3.8) is 0 Å². The molecule has 1 aliphatic rings. The van der Waals surface area contributed by atoms with E-state index in [-0.39, 0.29) is 17.1 Å². The Bertz CT molecular complexity index is 456. The molecule has 1 aromatic rings. The van der Waals surface area contributed by atoms with Crippen LogP contribution in [-0.4, -0.2) is 30.7 Å². The van der Waals surface area contributed by atoms with Crippen LogP contribution in [0.25, 0.3) is 0 Å². The molecule has 17 heavy (non-hydrogen) atoms. The van der Waals surface area contributed by atoms with Gasteiger partial charge in [-0.3, -0.25) is 9.59 Å². The van der Waals surface area contributed by atoms with Gasteiger partial charge < -0.3 is 4.90 Å². The number of hydrogen-bond acceptors (Lipinski definition) is 2. The van der Waals surface area contributed by atoms with E-state index in [0.29, 0.717) is 5.56 Å². The van der Waals surface area contributed by atoms with E-state index in [1.165, 1.54) is 0 Å². The Balaban J connectivity index is 2.25. The Hall–Kier alpha value is -1.64. The first-order chi connectivity index (χ1) is 7.97. The summed E-state index contributed by atoms with van der Waals surface area (Å²) in [6, 6.07) is 7.43. The van der Waals surface area contributed by atoms with Gasteiger partial charge in [-0.25, -0.2) is 0 Å². The third-order valence-corrected chi connectivity index (χ3v) is 3.51. The maximum atomic E-state index is 11.7. The van der Waals surface area contributed by atoms with E-state index in [0.717, 1.165) is 18.4 Å². The summed E-state index contributed by atoms with van der Waals surface area (Å²) in [5.41, 5.74) is 1.46. The number of hydrogen-bond donors (Lipinski definition) is 0. The third-order valence-electron chi connectivity index (χ3n) is 3.51. The number of amides is 1. The molecule has 1 saturated carbocycles. The van der Waals surface area contributed by atoms with Crippen LogP contribution in [0.3, 0.4) is 0 Å². The summed E-state index contributed by atoms with van der Waals surface area (Å²) >= 11 is 0. The molecule has 90 valence electrons. The first-order valence-electron chi connectivity index (χ1n) is 5.80. The van der Waals surface area contributed by atoms with Gasteiger partial charge in [-0.1, -0.05) is 12.1 Å². The molecule has 0 aliphatic heterocycles. The van der Waals surface area contributed by atoms with Gasteiger partial charge in [0, 0.05) is 19.7 Å². The maximum absolute atomic E-state index is 11.7. The molecular formula is C14H17NO2. The fourth-order valence-corrected chi connectivity index (χ4v) is 2.16. The first-order valence-corrected chi connectivity index (χ1v) is 5.80. The van der Waals surface area contributed by atoms with Crippen molar-refractivity contribution in [3.8, 4) is 0 Å². The predicted molar refractivity (Wildman–Crippen MR) is 66.1 cm³/mol. The number of rotatable bonds is 3. The molecule has 1 aliphatic carbocycles. The number of carbonyl (C=O) groups is 2. The second-order valence-electron chi connectivity index (χ2n) is 4.92. The standard InChI is InChI=1S/C14H17NO2/c1-10(16)14(8-9-14)12-6-4-11(5-7-12)13(17)15(2)3/h4-7H,8-9H2,1-3H3. The minimum absolute atomic E-state index is 0.00998. The molecule has 0 spiro atoms. The topological polar surface area (TPSA) is 37.4 Å². The van der Waals surface area contributed by atoms with E-state index >= 15 is 0 Å². The Kier molecular flexibility index (Phi) is 2.77. The maximum Gasteiger partial charge on any atom is 0.253 e. The summed E-state index contributed by atoms with van der Waals surface area (Å²) in [7, 11) is 3.46. The van der Waals surface area contributed by atoms with E-state index in [1.807, 2.05) is 12.1 Å². The summed E-state index contributed by atoms with van der Waals surface area (Å²) in [4.78, 5) is 24.8. The van der Waals surface area contributed by atoms with Crippen molar-refractivity contribution >= 4 is 11.7 Å². The lowest BCUT2D eigenvalue weighted by Crippen LogP contribution is -2.22. The van der Waals surface area contributed by atoms with E-state index in [2.05, 4.69) is 0 Å². The van der Waals surface area contributed by atoms with Crippen molar-refractivity contribution in [2.24, 2.45) is 0 Å². The first kappa shape index (κ1) is 11.8. The van der Waals surface area contributed by atoms with Gasteiger partial charge in [0.25, 0.3) is 5.91 Å². The Labute approximate surface area is 101 Å². The SMILES string of the molecule is CC(=O)C1(c2ccc(C(=O)N(C)C)cc2)CC1. The zero-order valence-electron chi connectivity index (χ0n) is 10.5. The molecule has 3 nitrogen and oxygen atoms in total. The van der Waals surface area contributed by atoms with Crippen molar-refractivity contribution in [3.05, 3.63) is 35.4 Å². The van der Waals surface area contributed by atoms with Crippen molar-refractivity contribution in [2.45, 2.75) is 25.2 Å². The van der Waals surface area contributed by atoms with Gasteiger partial charge in [-0.2, -0.15) is 0 Å². The largest absolute Gasteiger partial charge is 0.345 e. The van der Waals surface area contributed by atoms with E-state index in [4.69, 9.17) is 0 Å². The van der Waals surface area contributed by atoms with Crippen LogP contribution >= 0.6 is 0 Å². The molecular weight excluding hydrogens is 214 g/mol. The van der Waals surface area contributed by atoms with Crippen LogP contribution in [0.1, 0.15) is 35.7 Å². The Morgan fingerprint density at radius 2 is 1.65 bits per heavy atom. The highest BCUT2D eigenvalue weighted by molar-refractivity contribution is 5.95. The molecule has 0 radical (unpaired) electrons. The van der Waals surface area contributed by atoms with Gasteiger partial charge in [0.05, 0.1) is 5.41 Å². The van der Waals surface area contributed by atoms with Crippen molar-refractivity contribution < 1.29 is 9.59 Å². The highest BCUT2D eigenvalue weighted by atomic mass is 16.2. The lowest BCUT2D eigenvalue weighted by molar-refractivity contribution is -0.119. The van der Waals surface area contributed by atoms with Crippen LogP contribution in [0.2, 0.25) is 0 Å². The van der Waals surface area contributed by atoms with Crippen LogP contribution in [-0.2, 0) is 10.2 Å². The van der Waals surface area contributed by atoms with Crippen LogP contribution in [0.4, 0.5) is 0 Å². The molecule has 0 bridgehead atoms. The summed E-state index contributed by atoms with van der Waals surface area (Å²) in [5, 5.41) is 0. The monoisotopic (exact) mass is 231 g/mol. The number of ketones is 1. The number of benzene rings is 1. The fourth-order valence-electron chi connectivity index (χ4n) is 2.16. The smallest absolute Gasteiger partial charge is 0.253 e. The van der Waals surface area contributed by atoms with Crippen molar-refractivity contribution in [2.75, 3.05) is 14.1 Å². The molecule has 0 atom stereocenters. The molecule has 1 amide bonds.